The van der Waals surface area contributed by atoms with Gasteiger partial charge in [-0.2, -0.15) is 0 Å². The van der Waals surface area contributed by atoms with Crippen molar-refractivity contribution in [3.63, 3.8) is 0 Å². The molecule has 4 aromatic heterocycles. The first-order valence-corrected chi connectivity index (χ1v) is 21.7. The molecule has 0 aliphatic carbocycles. The van der Waals surface area contributed by atoms with E-state index in [2.05, 4.69) is 128 Å². The zero-order chi connectivity index (χ0) is 37.1. The molecule has 0 N–H and O–H groups in total. The molecule has 266 valence electrons. The smallest absolute Gasteiger partial charge is 0.133 e. The fraction of sp³-hybridized carbons (Fsp3) is 0. The zero-order valence-electron chi connectivity index (χ0n) is 29.3. The van der Waals surface area contributed by atoms with Gasteiger partial charge in [0, 0.05) is 73.9 Å². The van der Waals surface area contributed by atoms with Gasteiger partial charge in [0.15, 0.2) is 0 Å². The lowest BCUT2D eigenvalue weighted by molar-refractivity contribution is 0.639. The van der Waals surface area contributed by atoms with Crippen molar-refractivity contribution in [3.05, 3.63) is 167 Å². The second-order valence-corrected chi connectivity index (χ2v) is 17.9. The summed E-state index contributed by atoms with van der Waals surface area (Å²) < 4.78 is 38.5. The van der Waals surface area contributed by atoms with Crippen molar-refractivity contribution in [1.82, 2.24) is 0 Å². The van der Waals surface area contributed by atoms with E-state index in [9.17, 15) is 0 Å². The summed E-state index contributed by atoms with van der Waals surface area (Å²) in [5.41, 5.74) is 5.08. The third kappa shape index (κ3) is 4.86. The van der Waals surface area contributed by atoms with E-state index in [1.54, 1.807) is 57.5 Å². The average Bonchev–Trinajstić information content (AvgIpc) is 4.06. The minimum atomic E-state index is -0.353. The SMILES string of the molecule is Fc1cc(N(c2ccc3sccc3c2)c2ccc3sccc3c2)c2ccc3c(F)cc(N(c4ccc5sccc5c4)c4ccc5sccc5c4)c4ccc1c2c34. The van der Waals surface area contributed by atoms with Crippen molar-refractivity contribution in [2.45, 2.75) is 0 Å². The fourth-order valence-corrected chi connectivity index (χ4v) is 11.6. The zero-order valence-corrected chi connectivity index (χ0v) is 32.6. The Morgan fingerprint density at radius 1 is 0.321 bits per heavy atom. The number of thiophene rings is 4. The third-order valence-corrected chi connectivity index (χ3v) is 14.6. The summed E-state index contributed by atoms with van der Waals surface area (Å²) >= 11 is 6.80. The maximum atomic E-state index is 16.9. The average molecular weight is 797 g/mol. The molecule has 0 radical (unpaired) electrons. The molecule has 12 rings (SSSR count). The Morgan fingerprint density at radius 3 is 0.946 bits per heavy atom. The Hall–Kier alpha value is -5.90. The van der Waals surface area contributed by atoms with Crippen LogP contribution in [0.5, 0.6) is 0 Å². The van der Waals surface area contributed by atoms with Crippen LogP contribution in [0.3, 0.4) is 0 Å². The highest BCUT2D eigenvalue weighted by molar-refractivity contribution is 7.18. The molecule has 0 aliphatic heterocycles. The summed E-state index contributed by atoms with van der Waals surface area (Å²) in [6, 6.07) is 45.1. The molecule has 8 heteroatoms. The molecule has 0 bridgehead atoms. The number of halogens is 2. The van der Waals surface area contributed by atoms with Crippen LogP contribution in [0.2, 0.25) is 0 Å². The molecule has 0 amide bonds. The second-order valence-electron chi connectivity index (χ2n) is 14.1. The molecule has 0 fully saturated rings. The predicted octanol–water partition coefficient (Wildman–Crippen LogP) is 16.7. The van der Waals surface area contributed by atoms with E-state index < -0.39 is 0 Å². The van der Waals surface area contributed by atoms with Gasteiger partial charge in [0.25, 0.3) is 0 Å². The molecule has 8 aromatic carbocycles. The van der Waals surface area contributed by atoms with Gasteiger partial charge in [-0.15, -0.1) is 45.3 Å². The van der Waals surface area contributed by atoms with E-state index in [4.69, 9.17) is 0 Å². The topological polar surface area (TPSA) is 6.48 Å². The number of benzene rings is 8. The normalized spacial score (nSPS) is 12.1. The van der Waals surface area contributed by atoms with Gasteiger partial charge in [0.2, 0.25) is 0 Å². The van der Waals surface area contributed by atoms with E-state index in [0.717, 1.165) is 55.1 Å². The molecule has 0 atom stereocenters. The molecular formula is C48H26F2N2S4. The van der Waals surface area contributed by atoms with Crippen LogP contribution >= 0.6 is 45.3 Å². The quantitative estimate of drug-likeness (QED) is 0.155. The second kappa shape index (κ2) is 12.3. The lowest BCUT2D eigenvalue weighted by Gasteiger charge is -2.30. The molecule has 0 spiro atoms. The molecule has 0 aliphatic rings. The number of rotatable bonds is 6. The largest absolute Gasteiger partial charge is 0.310 e. The molecule has 12 aromatic rings. The van der Waals surface area contributed by atoms with E-state index in [1.807, 2.05) is 24.3 Å². The van der Waals surface area contributed by atoms with Crippen LogP contribution in [-0.4, -0.2) is 0 Å². The summed E-state index contributed by atoms with van der Waals surface area (Å²) in [6.07, 6.45) is 0. The summed E-state index contributed by atoms with van der Waals surface area (Å²) in [5, 5.41) is 16.9. The Labute approximate surface area is 335 Å². The molecular weight excluding hydrogens is 771 g/mol. The van der Waals surface area contributed by atoms with Gasteiger partial charge in [-0.05, 0) is 152 Å². The monoisotopic (exact) mass is 796 g/mol. The van der Waals surface area contributed by atoms with Gasteiger partial charge in [-0.25, -0.2) is 8.78 Å². The van der Waals surface area contributed by atoms with Crippen LogP contribution in [0.4, 0.5) is 42.9 Å². The number of fused-ring (bicyclic) bond motifs is 4. The van der Waals surface area contributed by atoms with Gasteiger partial charge in [0.1, 0.15) is 11.6 Å². The van der Waals surface area contributed by atoms with Crippen molar-refractivity contribution < 1.29 is 8.78 Å². The Morgan fingerprint density at radius 2 is 0.625 bits per heavy atom. The first-order valence-electron chi connectivity index (χ1n) is 18.1. The number of hydrogen-bond donors (Lipinski definition) is 0. The first kappa shape index (κ1) is 32.4. The minimum absolute atomic E-state index is 0.353. The Bertz CT molecular complexity index is 3120. The molecule has 56 heavy (non-hydrogen) atoms. The number of hydrogen-bond acceptors (Lipinski definition) is 6. The lowest BCUT2D eigenvalue weighted by Crippen LogP contribution is -2.12. The molecule has 2 nitrogen and oxygen atoms in total. The number of nitrogens with zero attached hydrogens (tertiary/aromatic N) is 2. The van der Waals surface area contributed by atoms with Crippen molar-refractivity contribution in [2.75, 3.05) is 9.80 Å². The lowest BCUT2D eigenvalue weighted by atomic mass is 9.91. The van der Waals surface area contributed by atoms with Crippen LogP contribution in [0.1, 0.15) is 0 Å². The molecule has 0 saturated heterocycles. The highest BCUT2D eigenvalue weighted by Gasteiger charge is 2.26. The minimum Gasteiger partial charge on any atom is -0.310 e. The van der Waals surface area contributed by atoms with E-state index in [-0.39, 0.29) is 11.6 Å². The Kier molecular flexibility index (Phi) is 7.11. The molecule has 0 unspecified atom stereocenters. The van der Waals surface area contributed by atoms with Crippen molar-refractivity contribution in [3.8, 4) is 0 Å². The molecule has 4 heterocycles. The summed E-state index contributed by atoms with van der Waals surface area (Å²) in [6.45, 7) is 0. The van der Waals surface area contributed by atoms with E-state index in [0.29, 0.717) is 32.9 Å². The van der Waals surface area contributed by atoms with E-state index >= 15 is 8.78 Å². The van der Waals surface area contributed by atoms with Gasteiger partial charge in [0.05, 0.1) is 11.4 Å². The van der Waals surface area contributed by atoms with Crippen LogP contribution in [0.25, 0.3) is 72.7 Å². The first-order chi connectivity index (χ1) is 27.6. The van der Waals surface area contributed by atoms with E-state index in [1.165, 1.54) is 18.8 Å². The van der Waals surface area contributed by atoms with Crippen LogP contribution in [-0.2, 0) is 0 Å². The van der Waals surface area contributed by atoms with Gasteiger partial charge < -0.3 is 9.80 Å². The summed E-state index contributed by atoms with van der Waals surface area (Å²) in [4.78, 5) is 4.30. The van der Waals surface area contributed by atoms with Crippen molar-refractivity contribution in [2.24, 2.45) is 0 Å². The van der Waals surface area contributed by atoms with Gasteiger partial charge in [-0.1, -0.05) is 24.3 Å². The van der Waals surface area contributed by atoms with Gasteiger partial charge >= 0.3 is 0 Å². The maximum Gasteiger partial charge on any atom is 0.133 e. The van der Waals surface area contributed by atoms with Gasteiger partial charge in [-0.3, -0.25) is 0 Å². The van der Waals surface area contributed by atoms with Crippen molar-refractivity contribution >= 4 is 152 Å². The third-order valence-electron chi connectivity index (χ3n) is 11.0. The summed E-state index contributed by atoms with van der Waals surface area (Å²) in [7, 11) is 0. The number of anilines is 6. The van der Waals surface area contributed by atoms with Crippen molar-refractivity contribution in [1.29, 1.82) is 0 Å². The highest BCUT2D eigenvalue weighted by Crippen LogP contribution is 2.50. The fourth-order valence-electron chi connectivity index (χ4n) is 8.47. The van der Waals surface area contributed by atoms with Crippen LogP contribution < -0.4 is 9.80 Å². The standard InChI is InChI=1S/C48H26F2N2S4/c49-39-25-41(51(31-1-9-43-27(21-31)13-17-53-43)32-2-10-44-28(22-32)14-18-54-44)37-7-5-36-40(50)26-42(38-8-6-35(39)47(37)48(36)38)52(33-3-11-45-29(23-33)15-19-55-45)34-4-12-46-30(24-34)16-20-56-46/h1-26H. The van der Waals surface area contributed by atoms with Crippen LogP contribution in [0, 0.1) is 11.6 Å². The summed E-state index contributed by atoms with van der Waals surface area (Å²) in [5.74, 6) is -0.706. The maximum absolute atomic E-state index is 16.9. The predicted molar refractivity (Wildman–Crippen MR) is 241 cm³/mol. The van der Waals surface area contributed by atoms with Crippen LogP contribution in [0.15, 0.2) is 155 Å². The Balaban J connectivity index is 1.15. The molecule has 0 saturated carbocycles. The highest BCUT2D eigenvalue weighted by atomic mass is 32.1.